The number of benzene rings is 3. The summed E-state index contributed by atoms with van der Waals surface area (Å²) in [5.41, 5.74) is -0.685. The molecule has 0 radical (unpaired) electrons. The minimum absolute atomic E-state index is 0.196. The summed E-state index contributed by atoms with van der Waals surface area (Å²) in [7, 11) is 1.37. The Labute approximate surface area is 266 Å². The average Bonchev–Trinajstić information content (AvgIpc) is 3.50. The van der Waals surface area contributed by atoms with Gasteiger partial charge in [0, 0.05) is 21.5 Å². The minimum Gasteiger partial charge on any atom is -0.493 e. The van der Waals surface area contributed by atoms with E-state index in [1.54, 1.807) is 36.4 Å². The highest BCUT2D eigenvalue weighted by Crippen LogP contribution is 2.54. The van der Waals surface area contributed by atoms with Crippen molar-refractivity contribution in [1.82, 2.24) is 4.98 Å². The first-order valence-corrected chi connectivity index (χ1v) is 15.3. The summed E-state index contributed by atoms with van der Waals surface area (Å²) in [5, 5.41) is 2.45. The van der Waals surface area contributed by atoms with Crippen LogP contribution in [0, 0.1) is 5.92 Å². The van der Waals surface area contributed by atoms with Crippen LogP contribution in [0.25, 0.3) is 0 Å². The van der Waals surface area contributed by atoms with Gasteiger partial charge in [0.2, 0.25) is 11.8 Å². The van der Waals surface area contributed by atoms with E-state index >= 15 is 0 Å². The summed E-state index contributed by atoms with van der Waals surface area (Å²) in [6.45, 7) is -0.368. The molecule has 0 saturated carbocycles. The number of hydrogen-bond acceptors (Lipinski definition) is 8. The molecule has 3 heterocycles. The Morgan fingerprint density at radius 2 is 1.76 bits per heavy atom. The number of imide groups is 1. The maximum absolute atomic E-state index is 13.9. The fourth-order valence-corrected chi connectivity index (χ4v) is 8.03. The van der Waals surface area contributed by atoms with Crippen LogP contribution in [-0.4, -0.2) is 41.7 Å². The quantitative estimate of drug-likeness (QED) is 0.233. The third-order valence-electron chi connectivity index (χ3n) is 7.31. The van der Waals surface area contributed by atoms with Gasteiger partial charge in [-0.15, -0.1) is 0 Å². The second-order valence-electron chi connectivity index (χ2n) is 10.0. The molecule has 2 aliphatic rings. The molecule has 0 aliphatic carbocycles. The Bertz CT molecular complexity index is 1880. The van der Waals surface area contributed by atoms with E-state index in [1.165, 1.54) is 25.3 Å². The third-order valence-corrected chi connectivity index (χ3v) is 9.96. The Kier molecular flexibility index (Phi) is 8.14. The van der Waals surface area contributed by atoms with E-state index in [9.17, 15) is 32.3 Å². The van der Waals surface area contributed by atoms with Crippen LogP contribution in [0.1, 0.15) is 21.9 Å². The average molecular weight is 676 g/mol. The molecule has 1 saturated heterocycles. The van der Waals surface area contributed by atoms with Crippen molar-refractivity contribution in [1.29, 1.82) is 0 Å². The highest BCUT2D eigenvalue weighted by molar-refractivity contribution is 8.00. The number of halogens is 4. The van der Waals surface area contributed by atoms with Gasteiger partial charge in [0.25, 0.3) is 5.91 Å². The number of thiazole rings is 1. The van der Waals surface area contributed by atoms with Crippen molar-refractivity contribution in [3.05, 3.63) is 97.4 Å². The molecule has 15 heteroatoms. The van der Waals surface area contributed by atoms with Gasteiger partial charge in [-0.2, -0.15) is 13.2 Å². The molecule has 2 aliphatic heterocycles. The number of aromatic amines is 1. The van der Waals surface area contributed by atoms with E-state index in [0.29, 0.717) is 31.1 Å². The number of amides is 3. The van der Waals surface area contributed by atoms with Gasteiger partial charge in [-0.25, -0.2) is 4.90 Å². The number of anilines is 2. The lowest BCUT2D eigenvalue weighted by Gasteiger charge is -2.30. The third kappa shape index (κ3) is 5.80. The molecule has 0 spiro atoms. The standard InChI is InChI=1S/C30H21ClF3N3O6S2/c1-42-20-12-14(6-11-19(20)43-13-21(38)35-16-9-7-15(31)8-10-16)22-23-25(44-26-24(22)45-29(41)36-26)28(40)37(27(23)39)18-5-3-2-4-17(18)30(32,33)34/h2-12,22-23,25H,13H2,1H3,(H,35,38)(H,36,41). The molecule has 9 nitrogen and oxygen atoms in total. The Hall–Kier alpha value is -4.27. The van der Waals surface area contributed by atoms with E-state index in [-0.39, 0.29) is 18.1 Å². The van der Waals surface area contributed by atoms with Crippen LogP contribution in [-0.2, 0) is 20.6 Å². The first-order chi connectivity index (χ1) is 21.5. The summed E-state index contributed by atoms with van der Waals surface area (Å²) in [6.07, 6.45) is -4.81. The van der Waals surface area contributed by atoms with Crippen molar-refractivity contribution in [2.75, 3.05) is 23.9 Å². The van der Waals surface area contributed by atoms with Gasteiger partial charge in [-0.05, 0) is 54.1 Å². The minimum atomic E-state index is -4.81. The smallest absolute Gasteiger partial charge is 0.418 e. The number of para-hydroxylation sites is 1. The maximum Gasteiger partial charge on any atom is 0.418 e. The molecule has 2 N–H and O–H groups in total. The van der Waals surface area contributed by atoms with E-state index in [0.717, 1.165) is 35.2 Å². The lowest BCUT2D eigenvalue weighted by Crippen LogP contribution is -2.33. The summed E-state index contributed by atoms with van der Waals surface area (Å²) >= 11 is 7.68. The first-order valence-electron chi connectivity index (χ1n) is 13.3. The molecule has 1 aromatic heterocycles. The van der Waals surface area contributed by atoms with E-state index in [4.69, 9.17) is 21.1 Å². The summed E-state index contributed by atoms with van der Waals surface area (Å²) in [5.74, 6) is -3.67. The van der Waals surface area contributed by atoms with Crippen LogP contribution in [0.3, 0.4) is 0 Å². The number of fused-ring (bicyclic) bond motifs is 2. The fourth-order valence-electron chi connectivity index (χ4n) is 5.39. The Morgan fingerprint density at radius 3 is 2.47 bits per heavy atom. The first kappa shape index (κ1) is 30.7. The monoisotopic (exact) mass is 675 g/mol. The predicted octanol–water partition coefficient (Wildman–Crippen LogP) is 5.93. The number of rotatable bonds is 7. The van der Waals surface area contributed by atoms with Crippen molar-refractivity contribution in [3.63, 3.8) is 0 Å². The molecule has 3 atom stereocenters. The van der Waals surface area contributed by atoms with Gasteiger partial charge < -0.3 is 19.8 Å². The SMILES string of the molecule is COc1cc(C2c3sc(=O)[nH]c3SC3C(=O)N(c4ccccc4C(F)(F)F)C(=O)C32)ccc1OCC(=O)Nc1ccc(Cl)cc1. The van der Waals surface area contributed by atoms with Gasteiger partial charge in [0.1, 0.15) is 5.25 Å². The van der Waals surface area contributed by atoms with Gasteiger partial charge in [-0.1, -0.05) is 52.9 Å². The Morgan fingerprint density at radius 1 is 1.02 bits per heavy atom. The summed E-state index contributed by atoms with van der Waals surface area (Å²) in [4.78, 5) is 55.8. The molecule has 3 amide bonds. The number of carbonyl (C=O) groups excluding carboxylic acids is 3. The molecule has 45 heavy (non-hydrogen) atoms. The van der Waals surface area contributed by atoms with Gasteiger partial charge >= 0.3 is 11.0 Å². The number of carbonyl (C=O) groups is 3. The number of H-pyrrole nitrogens is 1. The van der Waals surface area contributed by atoms with Crippen LogP contribution in [0.4, 0.5) is 24.5 Å². The zero-order valence-corrected chi connectivity index (χ0v) is 25.4. The molecule has 1 fully saturated rings. The van der Waals surface area contributed by atoms with Gasteiger partial charge in [0.15, 0.2) is 18.1 Å². The topological polar surface area (TPSA) is 118 Å². The van der Waals surface area contributed by atoms with Gasteiger partial charge in [-0.3, -0.25) is 19.2 Å². The largest absolute Gasteiger partial charge is 0.493 e. The van der Waals surface area contributed by atoms with Crippen LogP contribution < -0.4 is 24.6 Å². The zero-order valence-electron chi connectivity index (χ0n) is 23.0. The molecule has 232 valence electrons. The summed E-state index contributed by atoms with van der Waals surface area (Å²) in [6, 6.07) is 15.6. The summed E-state index contributed by atoms with van der Waals surface area (Å²) < 4.78 is 52.9. The lowest BCUT2D eigenvalue weighted by atomic mass is 9.83. The number of aromatic nitrogens is 1. The van der Waals surface area contributed by atoms with Crippen LogP contribution in [0.2, 0.25) is 5.02 Å². The predicted molar refractivity (Wildman–Crippen MR) is 162 cm³/mol. The maximum atomic E-state index is 13.9. The van der Waals surface area contributed by atoms with E-state index < -0.39 is 57.1 Å². The zero-order chi connectivity index (χ0) is 32.0. The van der Waals surface area contributed by atoms with E-state index in [1.807, 2.05) is 0 Å². The highest BCUT2D eigenvalue weighted by Gasteiger charge is 2.57. The normalized spacial score (nSPS) is 19.2. The number of nitrogens with one attached hydrogen (secondary N) is 2. The number of alkyl halides is 3. The van der Waals surface area contributed by atoms with Crippen LogP contribution >= 0.6 is 34.7 Å². The lowest BCUT2D eigenvalue weighted by molar-refractivity contribution is -0.137. The van der Waals surface area contributed by atoms with Crippen molar-refractivity contribution in [2.45, 2.75) is 22.4 Å². The van der Waals surface area contributed by atoms with Crippen molar-refractivity contribution >= 4 is 63.8 Å². The number of nitrogens with zero attached hydrogens (tertiary/aromatic N) is 1. The van der Waals surface area contributed by atoms with E-state index in [2.05, 4.69) is 10.3 Å². The second-order valence-corrected chi connectivity index (χ2v) is 12.6. The second kappa shape index (κ2) is 11.9. The highest BCUT2D eigenvalue weighted by atomic mass is 35.5. The molecule has 3 aromatic carbocycles. The number of thioether (sulfide) groups is 1. The van der Waals surface area contributed by atoms with Crippen LogP contribution in [0.5, 0.6) is 11.5 Å². The van der Waals surface area contributed by atoms with Gasteiger partial charge in [0.05, 0.1) is 29.3 Å². The molecular weight excluding hydrogens is 655 g/mol. The van der Waals surface area contributed by atoms with Crippen molar-refractivity contribution in [3.8, 4) is 11.5 Å². The number of methoxy groups -OCH3 is 1. The fraction of sp³-hybridized carbons (Fsp3) is 0.200. The molecule has 4 aromatic rings. The number of hydrogen-bond donors (Lipinski definition) is 2. The number of ether oxygens (including phenoxy) is 2. The molecule has 3 unspecified atom stereocenters. The van der Waals surface area contributed by atoms with Crippen molar-refractivity contribution in [2.24, 2.45) is 5.92 Å². The molecular formula is C30H21ClF3N3O6S2. The molecule has 0 bridgehead atoms. The van der Waals surface area contributed by atoms with Crippen LogP contribution in [0.15, 0.2) is 76.6 Å². The van der Waals surface area contributed by atoms with Crippen molar-refractivity contribution < 1.29 is 37.0 Å². The molecule has 6 rings (SSSR count). The Balaban J connectivity index is 1.32.